The molecule has 1 heterocycles. The normalized spacial score (nSPS) is 25.9. The smallest absolute Gasteiger partial charge is 0.394 e. The Hall–Kier alpha value is -0.900. The monoisotopic (exact) mass is 601 g/mol. The van der Waals surface area contributed by atoms with Crippen molar-refractivity contribution in [3.8, 4) is 0 Å². The lowest BCUT2D eigenvalue weighted by molar-refractivity contribution is -0.273. The molecule has 0 aliphatic carbocycles. The number of aliphatic hydroxyl groups excluding tert-OH is 2. The molecule has 1 amide bonds. The average molecular weight is 602 g/mol. The Labute approximate surface area is 237 Å². The van der Waals surface area contributed by atoms with Crippen molar-refractivity contribution in [3.63, 3.8) is 0 Å². The van der Waals surface area contributed by atoms with Gasteiger partial charge in [-0.05, 0) is 31.6 Å². The van der Waals surface area contributed by atoms with Crippen molar-refractivity contribution in [2.75, 3.05) is 54.9 Å². The molecular formula is C24H46N2O11PS+. The Morgan fingerprint density at radius 1 is 1.18 bits per heavy atom. The highest BCUT2D eigenvalue weighted by molar-refractivity contribution is 7.80. The highest BCUT2D eigenvalue weighted by Crippen LogP contribution is 2.25. The molecule has 2 unspecified atom stereocenters. The third-order valence-corrected chi connectivity index (χ3v) is 7.25. The number of hydrogen-bond acceptors (Lipinski definition) is 12. The molecule has 15 heteroatoms. The number of methoxy groups -OCH3 is 3. The van der Waals surface area contributed by atoms with Gasteiger partial charge >= 0.3 is 8.25 Å². The number of nitrogens with one attached hydrogen (secondary N) is 2. The van der Waals surface area contributed by atoms with Crippen molar-refractivity contribution >= 4 is 31.4 Å². The molecule has 1 saturated heterocycles. The molecule has 0 aromatic heterocycles. The molecule has 13 nitrogen and oxygen atoms in total. The predicted molar refractivity (Wildman–Crippen MR) is 147 cm³/mol. The maximum Gasteiger partial charge on any atom is 0.697 e. The summed E-state index contributed by atoms with van der Waals surface area (Å²) in [6, 6.07) is -0.949. The fourth-order valence-electron chi connectivity index (χ4n) is 4.37. The summed E-state index contributed by atoms with van der Waals surface area (Å²) in [4.78, 5) is 12.3. The molecule has 9 atom stereocenters. The number of amides is 1. The van der Waals surface area contributed by atoms with E-state index < -0.39 is 51.6 Å². The zero-order chi connectivity index (χ0) is 29.4. The summed E-state index contributed by atoms with van der Waals surface area (Å²) in [7, 11) is 3.69. The Balaban J connectivity index is 2.65. The van der Waals surface area contributed by atoms with Crippen molar-refractivity contribution in [2.45, 2.75) is 82.3 Å². The standard InChI is InChI=1S/C24H45N2O11PS/c1-15(13-31-3)11-17(19(32-4)14-36-38(30)34-6)26-20(39)9-7-8-10-35-24-21(25-16(2)28)23(33-5)22(29)18(12-27)37-24/h15,17-19,21-24,27,29H,7-14H2,1-6H3,(H-,25,26,28,39)/p+1/t15-,17?,18-,19+,21-,22+,23-,24-/m1/s1. The van der Waals surface area contributed by atoms with E-state index in [2.05, 4.69) is 17.6 Å². The summed E-state index contributed by atoms with van der Waals surface area (Å²) in [5.41, 5.74) is 0. The Morgan fingerprint density at radius 2 is 1.90 bits per heavy atom. The molecule has 39 heavy (non-hydrogen) atoms. The predicted octanol–water partition coefficient (Wildman–Crippen LogP) is 1.06. The summed E-state index contributed by atoms with van der Waals surface area (Å²) in [5, 5.41) is 26.0. The van der Waals surface area contributed by atoms with E-state index in [9.17, 15) is 19.6 Å². The van der Waals surface area contributed by atoms with Gasteiger partial charge in [0.05, 0.1) is 24.7 Å². The minimum Gasteiger partial charge on any atom is -0.394 e. The van der Waals surface area contributed by atoms with Gasteiger partial charge in [-0.15, -0.1) is 9.05 Å². The summed E-state index contributed by atoms with van der Waals surface area (Å²) >= 11 is 5.58. The topological polar surface area (TPSA) is 163 Å². The number of thiocarbonyl (C=S) groups is 1. The lowest BCUT2D eigenvalue weighted by Gasteiger charge is -2.43. The number of unbranched alkanes of at least 4 members (excludes halogenated alkanes) is 1. The molecular weight excluding hydrogens is 555 g/mol. The lowest BCUT2D eigenvalue weighted by atomic mass is 9.96. The molecule has 0 aromatic rings. The molecule has 0 bridgehead atoms. The fourth-order valence-corrected chi connectivity index (χ4v) is 5.04. The second kappa shape index (κ2) is 20.1. The third-order valence-electron chi connectivity index (χ3n) is 6.27. The first-order valence-corrected chi connectivity index (χ1v) is 14.4. The highest BCUT2D eigenvalue weighted by atomic mass is 32.1. The van der Waals surface area contributed by atoms with Gasteiger partial charge in [0.25, 0.3) is 0 Å². The second-order valence-electron chi connectivity index (χ2n) is 9.42. The van der Waals surface area contributed by atoms with Crippen molar-refractivity contribution in [1.82, 2.24) is 10.6 Å². The molecule has 0 aromatic carbocycles. The number of hydrogen-bond donors (Lipinski definition) is 4. The molecule has 4 N–H and O–H groups in total. The van der Waals surface area contributed by atoms with E-state index in [1.165, 1.54) is 21.1 Å². The van der Waals surface area contributed by atoms with Crippen LogP contribution in [0.3, 0.4) is 0 Å². The van der Waals surface area contributed by atoms with Crippen LogP contribution < -0.4 is 10.6 Å². The van der Waals surface area contributed by atoms with Crippen molar-refractivity contribution in [1.29, 1.82) is 0 Å². The number of ether oxygens (including phenoxy) is 5. The van der Waals surface area contributed by atoms with E-state index in [4.69, 9.17) is 44.9 Å². The molecule has 228 valence electrons. The minimum absolute atomic E-state index is 0.0657. The first kappa shape index (κ1) is 36.1. The average Bonchev–Trinajstić information content (AvgIpc) is 2.89. The summed E-state index contributed by atoms with van der Waals surface area (Å²) in [6.45, 7) is 3.90. The van der Waals surface area contributed by atoms with Crippen LogP contribution in [-0.2, 0) is 42.1 Å². The van der Waals surface area contributed by atoms with Crippen LogP contribution in [0.25, 0.3) is 0 Å². The van der Waals surface area contributed by atoms with Gasteiger partial charge in [0, 0.05) is 46.0 Å². The van der Waals surface area contributed by atoms with Crippen molar-refractivity contribution in [3.05, 3.63) is 0 Å². The molecule has 1 aliphatic heterocycles. The lowest BCUT2D eigenvalue weighted by Crippen LogP contribution is -2.65. The number of carbonyl (C=O) groups is 1. The van der Waals surface area contributed by atoms with Crippen LogP contribution in [0, 0.1) is 5.92 Å². The Bertz CT molecular complexity index is 738. The maximum atomic E-state index is 11.7. The van der Waals surface area contributed by atoms with Crippen LogP contribution in [0.15, 0.2) is 0 Å². The minimum atomic E-state index is -2.23. The maximum absolute atomic E-state index is 11.7. The molecule has 0 saturated carbocycles. The second-order valence-corrected chi connectivity index (χ2v) is 11.0. The first-order chi connectivity index (χ1) is 18.6. The van der Waals surface area contributed by atoms with E-state index in [-0.39, 0.29) is 24.5 Å². The summed E-state index contributed by atoms with van der Waals surface area (Å²) in [5.74, 6) is -0.115. The van der Waals surface area contributed by atoms with Gasteiger partial charge in [-0.25, -0.2) is 0 Å². The van der Waals surface area contributed by atoms with Gasteiger partial charge in [-0.3, -0.25) is 4.79 Å². The summed E-state index contributed by atoms with van der Waals surface area (Å²) < 4.78 is 49.3. The van der Waals surface area contributed by atoms with Crippen LogP contribution in [0.2, 0.25) is 0 Å². The van der Waals surface area contributed by atoms with E-state index in [1.54, 1.807) is 14.2 Å². The van der Waals surface area contributed by atoms with Crippen LogP contribution in [-0.4, -0.2) is 119 Å². The van der Waals surface area contributed by atoms with Crippen molar-refractivity contribution in [2.24, 2.45) is 5.92 Å². The van der Waals surface area contributed by atoms with Crippen LogP contribution >= 0.6 is 20.5 Å². The van der Waals surface area contributed by atoms with E-state index in [0.29, 0.717) is 43.9 Å². The van der Waals surface area contributed by atoms with Crippen LogP contribution in [0.5, 0.6) is 0 Å². The molecule has 1 rings (SSSR count). The molecule has 1 fully saturated rings. The zero-order valence-corrected chi connectivity index (χ0v) is 25.4. The number of carbonyl (C=O) groups excluding carboxylic acids is 1. The molecule has 0 spiro atoms. The molecule has 0 radical (unpaired) electrons. The van der Waals surface area contributed by atoms with Crippen LogP contribution in [0.4, 0.5) is 0 Å². The number of rotatable bonds is 20. The van der Waals surface area contributed by atoms with E-state index >= 15 is 0 Å². The van der Waals surface area contributed by atoms with Gasteiger partial charge in [0.15, 0.2) is 6.29 Å². The van der Waals surface area contributed by atoms with Gasteiger partial charge in [0.2, 0.25) is 5.91 Å². The summed E-state index contributed by atoms with van der Waals surface area (Å²) in [6.07, 6.45) is -1.56. The van der Waals surface area contributed by atoms with Gasteiger partial charge < -0.3 is 44.5 Å². The van der Waals surface area contributed by atoms with Crippen LogP contribution in [0.1, 0.15) is 39.5 Å². The van der Waals surface area contributed by atoms with E-state index in [1.807, 2.05) is 0 Å². The quantitative estimate of drug-likeness (QED) is 0.0891. The SMILES string of the molecule is COC[C@H](C)CC(NC(=S)CCCCO[C@@H]1O[C@H](CO)[C@H](O)[C@H](OC)[C@H]1NC(C)=O)[C@H](CO[P+](=O)OC)OC. The Kier molecular flexibility index (Phi) is 18.6. The first-order valence-electron chi connectivity index (χ1n) is 12.9. The fraction of sp³-hybridized carbons (Fsp3) is 0.917. The highest BCUT2D eigenvalue weighted by Gasteiger charge is 2.46. The zero-order valence-electron chi connectivity index (χ0n) is 23.7. The largest absolute Gasteiger partial charge is 0.697 e. The molecule has 1 aliphatic rings. The van der Waals surface area contributed by atoms with Gasteiger partial charge in [-0.1, -0.05) is 19.1 Å². The van der Waals surface area contributed by atoms with Crippen molar-refractivity contribution < 1.29 is 52.3 Å². The third kappa shape index (κ3) is 13.1. The Morgan fingerprint density at radius 3 is 2.46 bits per heavy atom. The van der Waals surface area contributed by atoms with Gasteiger partial charge in [-0.2, -0.15) is 0 Å². The number of aliphatic hydroxyl groups is 2. The van der Waals surface area contributed by atoms with Gasteiger partial charge in [0.1, 0.15) is 37.1 Å². The van der Waals surface area contributed by atoms with E-state index in [0.717, 1.165) is 0 Å².